The van der Waals surface area contributed by atoms with Crippen molar-refractivity contribution >= 4 is 0 Å². The summed E-state index contributed by atoms with van der Waals surface area (Å²) < 4.78 is 13.0. The van der Waals surface area contributed by atoms with Crippen LogP contribution in [0.15, 0.2) is 23.7 Å². The van der Waals surface area contributed by atoms with E-state index in [9.17, 15) is 4.39 Å². The monoisotopic (exact) mass is 170 g/mol. The Hall–Kier alpha value is -0.830. The lowest BCUT2D eigenvalue weighted by Crippen LogP contribution is -2.36. The van der Waals surface area contributed by atoms with Crippen molar-refractivity contribution in [3.05, 3.63) is 23.7 Å². The molecular weight excluding hydrogens is 155 g/mol. The number of allylic oxidation sites excluding steroid dienone is 2. The minimum absolute atomic E-state index is 0.116. The van der Waals surface area contributed by atoms with Gasteiger partial charge in [-0.15, -0.1) is 0 Å². The van der Waals surface area contributed by atoms with E-state index in [1.165, 1.54) is 6.20 Å². The second-order valence-electron chi connectivity index (χ2n) is 3.23. The molecule has 0 aromatic rings. The molecule has 2 nitrogen and oxygen atoms in total. The van der Waals surface area contributed by atoms with Crippen LogP contribution in [0.25, 0.3) is 0 Å². The number of rotatable bonds is 1. The molecule has 12 heavy (non-hydrogen) atoms. The highest BCUT2D eigenvalue weighted by molar-refractivity contribution is 5.19. The van der Waals surface area contributed by atoms with Crippen molar-refractivity contribution in [1.29, 1.82) is 0 Å². The van der Waals surface area contributed by atoms with Crippen LogP contribution in [0.3, 0.4) is 0 Å². The maximum atomic E-state index is 13.0. The van der Waals surface area contributed by atoms with Crippen molar-refractivity contribution in [2.45, 2.75) is 26.4 Å². The zero-order chi connectivity index (χ0) is 9.14. The molecule has 0 saturated heterocycles. The van der Waals surface area contributed by atoms with Crippen LogP contribution in [0.4, 0.5) is 4.39 Å². The highest BCUT2D eigenvalue weighted by Gasteiger charge is 2.09. The van der Waals surface area contributed by atoms with Crippen molar-refractivity contribution in [3.63, 3.8) is 0 Å². The number of hydrogen-bond donors (Lipinski definition) is 1. The lowest BCUT2D eigenvalue weighted by Gasteiger charge is -2.23. The predicted molar refractivity (Wildman–Crippen MR) is 47.9 cm³/mol. The molecule has 0 fully saturated rings. The van der Waals surface area contributed by atoms with E-state index in [0.717, 1.165) is 18.5 Å². The van der Waals surface area contributed by atoms with Crippen molar-refractivity contribution in [2.24, 2.45) is 5.73 Å². The maximum absolute atomic E-state index is 13.0. The van der Waals surface area contributed by atoms with E-state index >= 15 is 0 Å². The second-order valence-corrected chi connectivity index (χ2v) is 3.23. The molecule has 1 atom stereocenters. The molecule has 1 heterocycles. The molecule has 1 unspecified atom stereocenters. The molecule has 68 valence electrons. The molecular formula is C9H15FN2. The normalized spacial score (nSPS) is 21.2. The Labute approximate surface area is 72.5 Å². The van der Waals surface area contributed by atoms with Gasteiger partial charge < -0.3 is 10.6 Å². The van der Waals surface area contributed by atoms with Crippen LogP contribution in [0.2, 0.25) is 0 Å². The predicted octanol–water partition coefficient (Wildman–Crippen LogP) is 1.75. The quantitative estimate of drug-likeness (QED) is 0.649. The van der Waals surface area contributed by atoms with E-state index in [0.29, 0.717) is 0 Å². The first-order chi connectivity index (χ1) is 5.59. The largest absolute Gasteiger partial charge is 0.360 e. The number of hydrogen-bond acceptors (Lipinski definition) is 2. The van der Waals surface area contributed by atoms with Gasteiger partial charge in [-0.2, -0.15) is 0 Å². The SMILES string of the molecule is CC1=CC(F)=CN(C(C)N)CC1. The topological polar surface area (TPSA) is 29.3 Å². The molecule has 0 amide bonds. The first-order valence-electron chi connectivity index (χ1n) is 4.15. The van der Waals surface area contributed by atoms with Crippen molar-refractivity contribution in [2.75, 3.05) is 6.54 Å². The third-order valence-electron chi connectivity index (χ3n) is 1.96. The number of nitrogens with two attached hydrogens (primary N) is 1. The summed E-state index contributed by atoms with van der Waals surface area (Å²) in [5.74, 6) is -0.206. The average Bonchev–Trinajstić information content (AvgIpc) is 2.11. The molecule has 0 saturated carbocycles. The summed E-state index contributed by atoms with van der Waals surface area (Å²) in [5.41, 5.74) is 6.70. The van der Waals surface area contributed by atoms with Gasteiger partial charge in [0.25, 0.3) is 0 Å². The molecule has 1 aliphatic heterocycles. The Morgan fingerprint density at radius 3 is 2.92 bits per heavy atom. The zero-order valence-electron chi connectivity index (χ0n) is 7.55. The van der Waals surface area contributed by atoms with Gasteiger partial charge in [-0.1, -0.05) is 5.57 Å². The fourth-order valence-electron chi connectivity index (χ4n) is 1.19. The number of nitrogens with zero attached hydrogens (tertiary/aromatic N) is 1. The molecule has 0 aliphatic carbocycles. The summed E-state index contributed by atoms with van der Waals surface area (Å²) in [6.07, 6.45) is 3.80. The molecule has 0 aromatic heterocycles. The van der Waals surface area contributed by atoms with Crippen LogP contribution < -0.4 is 5.73 Å². The summed E-state index contributed by atoms with van der Waals surface area (Å²) in [5, 5.41) is 0. The highest BCUT2D eigenvalue weighted by Crippen LogP contribution is 2.15. The second kappa shape index (κ2) is 3.72. The van der Waals surface area contributed by atoms with Gasteiger partial charge in [0.2, 0.25) is 0 Å². The van der Waals surface area contributed by atoms with Crippen LogP contribution in [0.5, 0.6) is 0 Å². The Balaban J connectivity index is 2.71. The molecule has 3 heteroatoms. The molecule has 0 bridgehead atoms. The lowest BCUT2D eigenvalue weighted by molar-refractivity contribution is 0.299. The van der Waals surface area contributed by atoms with Crippen LogP contribution in [0.1, 0.15) is 20.3 Å². The Morgan fingerprint density at radius 2 is 2.33 bits per heavy atom. The summed E-state index contributed by atoms with van der Waals surface area (Å²) in [6, 6.07) is 0. The van der Waals surface area contributed by atoms with E-state index < -0.39 is 0 Å². The molecule has 2 N–H and O–H groups in total. The van der Waals surface area contributed by atoms with Gasteiger partial charge in [-0.3, -0.25) is 0 Å². The standard InChI is InChI=1S/C9H15FN2/c1-7-3-4-12(8(2)11)6-9(10)5-7/h5-6,8H,3-4,11H2,1-2H3. The van der Waals surface area contributed by atoms with Gasteiger partial charge in [0.1, 0.15) is 5.83 Å². The van der Waals surface area contributed by atoms with Crippen LogP contribution in [-0.2, 0) is 0 Å². The van der Waals surface area contributed by atoms with Gasteiger partial charge in [0.15, 0.2) is 0 Å². The summed E-state index contributed by atoms with van der Waals surface area (Å²) >= 11 is 0. The maximum Gasteiger partial charge on any atom is 0.139 e. The molecule has 0 aromatic carbocycles. The van der Waals surface area contributed by atoms with Gasteiger partial charge >= 0.3 is 0 Å². The first kappa shape index (κ1) is 9.26. The molecule has 1 aliphatic rings. The van der Waals surface area contributed by atoms with Crippen molar-refractivity contribution < 1.29 is 4.39 Å². The lowest BCUT2D eigenvalue weighted by atomic mass is 10.2. The summed E-state index contributed by atoms with van der Waals surface area (Å²) in [7, 11) is 0. The fraction of sp³-hybridized carbons (Fsp3) is 0.556. The summed E-state index contributed by atoms with van der Waals surface area (Å²) in [4.78, 5) is 1.81. The van der Waals surface area contributed by atoms with Gasteiger partial charge in [-0.05, 0) is 26.3 Å². The van der Waals surface area contributed by atoms with Gasteiger partial charge in [0, 0.05) is 12.7 Å². The molecule has 0 radical (unpaired) electrons. The minimum Gasteiger partial charge on any atom is -0.360 e. The summed E-state index contributed by atoms with van der Waals surface area (Å²) in [6.45, 7) is 4.58. The highest BCUT2D eigenvalue weighted by atomic mass is 19.1. The van der Waals surface area contributed by atoms with E-state index in [-0.39, 0.29) is 12.0 Å². The van der Waals surface area contributed by atoms with E-state index in [2.05, 4.69) is 0 Å². The Bertz CT molecular complexity index is 219. The van der Waals surface area contributed by atoms with Gasteiger partial charge in [0.05, 0.1) is 6.17 Å². The third kappa shape index (κ3) is 2.34. The molecule has 0 spiro atoms. The van der Waals surface area contributed by atoms with E-state index in [1.807, 2.05) is 18.7 Å². The van der Waals surface area contributed by atoms with Crippen molar-refractivity contribution in [3.8, 4) is 0 Å². The minimum atomic E-state index is -0.206. The fourth-order valence-corrected chi connectivity index (χ4v) is 1.19. The average molecular weight is 170 g/mol. The van der Waals surface area contributed by atoms with Crippen LogP contribution in [0, 0.1) is 0 Å². The third-order valence-corrected chi connectivity index (χ3v) is 1.96. The van der Waals surface area contributed by atoms with Crippen molar-refractivity contribution in [1.82, 2.24) is 4.90 Å². The van der Waals surface area contributed by atoms with E-state index in [4.69, 9.17) is 5.73 Å². The number of halogens is 1. The van der Waals surface area contributed by atoms with Gasteiger partial charge in [-0.25, -0.2) is 4.39 Å². The Kier molecular flexibility index (Phi) is 2.87. The zero-order valence-corrected chi connectivity index (χ0v) is 7.55. The first-order valence-corrected chi connectivity index (χ1v) is 4.15. The van der Waals surface area contributed by atoms with Crippen LogP contribution >= 0.6 is 0 Å². The van der Waals surface area contributed by atoms with Crippen LogP contribution in [-0.4, -0.2) is 17.6 Å². The van der Waals surface area contributed by atoms with E-state index in [1.54, 1.807) is 6.08 Å². The smallest absolute Gasteiger partial charge is 0.139 e. The molecule has 1 rings (SSSR count). The Morgan fingerprint density at radius 1 is 1.67 bits per heavy atom.